The third-order valence-electron chi connectivity index (χ3n) is 5.42. The minimum atomic E-state index is 0.299. The minimum Gasteiger partial charge on any atom is -0.0991 e. The van der Waals surface area contributed by atoms with Gasteiger partial charge < -0.3 is 0 Å². The lowest BCUT2D eigenvalue weighted by molar-refractivity contribution is 0.714. The Labute approximate surface area is 162 Å². The lowest BCUT2D eigenvalue weighted by atomic mass is 9.79. The molecule has 2 unspecified atom stereocenters. The first kappa shape index (κ1) is 17.3. The summed E-state index contributed by atoms with van der Waals surface area (Å²) in [5.41, 5.74) is 8.12. The van der Waals surface area contributed by atoms with E-state index in [2.05, 4.69) is 111 Å². The molecule has 0 nitrogen and oxygen atoms in total. The van der Waals surface area contributed by atoms with Crippen LogP contribution in [0.15, 0.2) is 109 Å². The van der Waals surface area contributed by atoms with Crippen molar-refractivity contribution in [3.8, 4) is 11.1 Å². The zero-order valence-corrected chi connectivity index (χ0v) is 15.7. The highest BCUT2D eigenvalue weighted by Gasteiger charge is 2.31. The van der Waals surface area contributed by atoms with Gasteiger partial charge in [-0.1, -0.05) is 115 Å². The van der Waals surface area contributed by atoms with Crippen molar-refractivity contribution in [3.63, 3.8) is 0 Å². The van der Waals surface area contributed by atoms with E-state index in [1.807, 2.05) is 6.08 Å². The zero-order valence-electron chi connectivity index (χ0n) is 15.7. The van der Waals surface area contributed by atoms with Crippen LogP contribution in [0.25, 0.3) is 17.2 Å². The standard InChI is InChI=1S/C27H24/c1-3-4-16-24(22-14-9-6-10-15-22)27-20(2)19-26-23(17-11-18-25(26)27)21-12-7-5-8-13-21/h3-19,24,27H,1H2,2H3. The predicted molar refractivity (Wildman–Crippen MR) is 117 cm³/mol. The van der Waals surface area contributed by atoms with Crippen molar-refractivity contribution in [1.82, 2.24) is 0 Å². The van der Waals surface area contributed by atoms with Crippen LogP contribution in [0.1, 0.15) is 35.4 Å². The molecule has 132 valence electrons. The van der Waals surface area contributed by atoms with Crippen molar-refractivity contribution >= 4 is 6.08 Å². The molecule has 0 saturated carbocycles. The van der Waals surface area contributed by atoms with Gasteiger partial charge in [0, 0.05) is 11.8 Å². The molecule has 27 heavy (non-hydrogen) atoms. The normalized spacial score (nSPS) is 16.8. The van der Waals surface area contributed by atoms with E-state index in [9.17, 15) is 0 Å². The van der Waals surface area contributed by atoms with E-state index in [0.29, 0.717) is 11.8 Å². The summed E-state index contributed by atoms with van der Waals surface area (Å²) >= 11 is 0. The number of fused-ring (bicyclic) bond motifs is 1. The molecule has 0 radical (unpaired) electrons. The second-order valence-corrected chi connectivity index (χ2v) is 7.10. The van der Waals surface area contributed by atoms with Gasteiger partial charge in [-0.3, -0.25) is 0 Å². The van der Waals surface area contributed by atoms with E-state index >= 15 is 0 Å². The second kappa shape index (κ2) is 7.63. The molecule has 0 heterocycles. The predicted octanol–water partition coefficient (Wildman–Crippen LogP) is 7.38. The maximum absolute atomic E-state index is 3.87. The number of benzene rings is 3. The number of allylic oxidation sites excluding steroid dienone is 4. The molecule has 0 aliphatic heterocycles. The SMILES string of the molecule is C=CC=CC(c1ccccc1)C1C(C)=Cc2c(-c3ccccc3)cccc21. The van der Waals surface area contributed by atoms with Crippen molar-refractivity contribution in [2.45, 2.75) is 18.8 Å². The van der Waals surface area contributed by atoms with Gasteiger partial charge in [0.1, 0.15) is 0 Å². The van der Waals surface area contributed by atoms with Gasteiger partial charge in [-0.05, 0) is 34.7 Å². The first-order valence-corrected chi connectivity index (χ1v) is 9.50. The first-order valence-electron chi connectivity index (χ1n) is 9.50. The minimum absolute atomic E-state index is 0.299. The molecule has 0 heteroatoms. The van der Waals surface area contributed by atoms with Gasteiger partial charge in [0.15, 0.2) is 0 Å². The van der Waals surface area contributed by atoms with Gasteiger partial charge in [-0.15, -0.1) is 0 Å². The highest BCUT2D eigenvalue weighted by atomic mass is 14.3. The maximum atomic E-state index is 3.87. The van der Waals surface area contributed by atoms with E-state index in [1.165, 1.54) is 33.4 Å². The number of hydrogen-bond acceptors (Lipinski definition) is 0. The average Bonchev–Trinajstić information content (AvgIpc) is 3.06. The van der Waals surface area contributed by atoms with Crippen LogP contribution in [-0.2, 0) is 0 Å². The molecule has 1 aliphatic rings. The second-order valence-electron chi connectivity index (χ2n) is 7.10. The number of rotatable bonds is 5. The quantitative estimate of drug-likeness (QED) is 0.422. The molecule has 3 aromatic rings. The van der Waals surface area contributed by atoms with Crippen LogP contribution in [0.3, 0.4) is 0 Å². The molecular weight excluding hydrogens is 324 g/mol. The van der Waals surface area contributed by atoms with Gasteiger partial charge in [0.25, 0.3) is 0 Å². The Hall–Kier alpha value is -3.12. The zero-order chi connectivity index (χ0) is 18.6. The lowest BCUT2D eigenvalue weighted by Gasteiger charge is -2.24. The fourth-order valence-corrected chi connectivity index (χ4v) is 4.21. The van der Waals surface area contributed by atoms with Crippen LogP contribution < -0.4 is 0 Å². The molecule has 4 rings (SSSR count). The third-order valence-corrected chi connectivity index (χ3v) is 5.42. The van der Waals surface area contributed by atoms with Gasteiger partial charge in [-0.25, -0.2) is 0 Å². The van der Waals surface area contributed by atoms with Crippen molar-refractivity contribution in [3.05, 3.63) is 126 Å². The maximum Gasteiger partial charge on any atom is 0.0158 e. The summed E-state index contributed by atoms with van der Waals surface area (Å²) in [7, 11) is 0. The van der Waals surface area contributed by atoms with E-state index in [-0.39, 0.29) is 0 Å². The topological polar surface area (TPSA) is 0 Å². The third kappa shape index (κ3) is 3.31. The molecule has 0 fully saturated rings. The van der Waals surface area contributed by atoms with Gasteiger partial charge in [0.05, 0.1) is 0 Å². The van der Waals surface area contributed by atoms with Crippen LogP contribution in [0, 0.1) is 0 Å². The van der Waals surface area contributed by atoms with E-state index in [0.717, 1.165) is 0 Å². The van der Waals surface area contributed by atoms with Crippen molar-refractivity contribution in [2.24, 2.45) is 0 Å². The molecule has 3 aromatic carbocycles. The summed E-state index contributed by atoms with van der Waals surface area (Å²) in [5, 5.41) is 0. The van der Waals surface area contributed by atoms with Crippen molar-refractivity contribution < 1.29 is 0 Å². The van der Waals surface area contributed by atoms with Gasteiger partial charge in [0.2, 0.25) is 0 Å². The molecular formula is C27H24. The van der Waals surface area contributed by atoms with Crippen LogP contribution >= 0.6 is 0 Å². The summed E-state index contributed by atoms with van der Waals surface area (Å²) in [6.45, 7) is 6.13. The Bertz CT molecular complexity index is 991. The molecule has 0 spiro atoms. The Balaban J connectivity index is 1.84. The van der Waals surface area contributed by atoms with Crippen LogP contribution in [-0.4, -0.2) is 0 Å². The van der Waals surface area contributed by atoms with E-state index in [1.54, 1.807) is 0 Å². The summed E-state index contributed by atoms with van der Waals surface area (Å²) in [4.78, 5) is 0. The molecule has 0 amide bonds. The fourth-order valence-electron chi connectivity index (χ4n) is 4.21. The average molecular weight is 348 g/mol. The van der Waals surface area contributed by atoms with Crippen LogP contribution in [0.4, 0.5) is 0 Å². The van der Waals surface area contributed by atoms with Crippen LogP contribution in [0.2, 0.25) is 0 Å². The molecule has 0 bridgehead atoms. The summed E-state index contributed by atoms with van der Waals surface area (Å²) in [6.07, 6.45) is 8.60. The molecule has 0 N–H and O–H groups in total. The van der Waals surface area contributed by atoms with Gasteiger partial charge in [-0.2, -0.15) is 0 Å². The molecule has 0 aromatic heterocycles. The molecule has 0 saturated heterocycles. The monoisotopic (exact) mass is 348 g/mol. The highest BCUT2D eigenvalue weighted by Crippen LogP contribution is 2.48. The van der Waals surface area contributed by atoms with Crippen molar-refractivity contribution in [2.75, 3.05) is 0 Å². The summed E-state index contributed by atoms with van der Waals surface area (Å²) in [5.74, 6) is 0.648. The summed E-state index contributed by atoms with van der Waals surface area (Å²) < 4.78 is 0. The first-order chi connectivity index (χ1) is 13.3. The summed E-state index contributed by atoms with van der Waals surface area (Å²) in [6, 6.07) is 28.2. The smallest absolute Gasteiger partial charge is 0.0158 e. The van der Waals surface area contributed by atoms with E-state index < -0.39 is 0 Å². The Morgan fingerprint density at radius 2 is 1.56 bits per heavy atom. The van der Waals surface area contributed by atoms with E-state index in [4.69, 9.17) is 0 Å². The number of hydrogen-bond donors (Lipinski definition) is 0. The van der Waals surface area contributed by atoms with Gasteiger partial charge >= 0.3 is 0 Å². The highest BCUT2D eigenvalue weighted by molar-refractivity contribution is 5.82. The lowest BCUT2D eigenvalue weighted by Crippen LogP contribution is -2.09. The fraction of sp³-hybridized carbons (Fsp3) is 0.111. The Morgan fingerprint density at radius 3 is 2.26 bits per heavy atom. The molecule has 1 aliphatic carbocycles. The molecule has 2 atom stereocenters. The van der Waals surface area contributed by atoms with Crippen molar-refractivity contribution in [1.29, 1.82) is 0 Å². The van der Waals surface area contributed by atoms with Crippen LogP contribution in [0.5, 0.6) is 0 Å². The Kier molecular flexibility index (Phi) is 4.89. The largest absolute Gasteiger partial charge is 0.0991 e. The Morgan fingerprint density at radius 1 is 0.852 bits per heavy atom.